The van der Waals surface area contributed by atoms with Crippen LogP contribution in [0.2, 0.25) is 0 Å². The molecule has 0 atom stereocenters. The quantitative estimate of drug-likeness (QED) is 0.738. The van der Waals surface area contributed by atoms with Crippen molar-refractivity contribution < 1.29 is 4.79 Å². The van der Waals surface area contributed by atoms with Crippen molar-refractivity contribution in [1.82, 2.24) is 19.2 Å². The van der Waals surface area contributed by atoms with Crippen molar-refractivity contribution in [3.8, 4) is 0 Å². The molecule has 0 bridgehead atoms. The number of carbonyl (C=O) groups is 1. The fourth-order valence-corrected chi connectivity index (χ4v) is 2.76. The van der Waals surface area contributed by atoms with E-state index in [2.05, 4.69) is 5.10 Å². The number of amides is 1. The van der Waals surface area contributed by atoms with Crippen molar-refractivity contribution in [2.75, 3.05) is 31.1 Å². The number of hydrogen-bond acceptors (Lipinski definition) is 5. The van der Waals surface area contributed by atoms with Crippen molar-refractivity contribution in [3.63, 3.8) is 0 Å². The molecule has 0 N–H and O–H groups in total. The molecule has 8 nitrogen and oxygen atoms in total. The molecule has 3 rings (SSSR count). The summed E-state index contributed by atoms with van der Waals surface area (Å²) in [5.74, 6) is 0.225. The zero-order valence-electron chi connectivity index (χ0n) is 13.7. The Labute approximate surface area is 138 Å². The van der Waals surface area contributed by atoms with Gasteiger partial charge in [-0.25, -0.2) is 9.48 Å². The van der Waals surface area contributed by atoms with Crippen LogP contribution in [0, 0.1) is 0 Å². The van der Waals surface area contributed by atoms with E-state index in [4.69, 9.17) is 0 Å². The molecule has 8 heteroatoms. The predicted molar refractivity (Wildman–Crippen MR) is 89.3 cm³/mol. The van der Waals surface area contributed by atoms with Gasteiger partial charge in [0.2, 0.25) is 5.82 Å². The zero-order valence-corrected chi connectivity index (χ0v) is 13.7. The summed E-state index contributed by atoms with van der Waals surface area (Å²) < 4.78 is 2.20. The third kappa shape index (κ3) is 2.82. The molecule has 0 unspecified atom stereocenters. The summed E-state index contributed by atoms with van der Waals surface area (Å²) in [4.78, 5) is 40.0. The van der Waals surface area contributed by atoms with Gasteiger partial charge in [0.05, 0.1) is 0 Å². The number of aromatic nitrogens is 3. The van der Waals surface area contributed by atoms with E-state index in [0.717, 1.165) is 9.25 Å². The maximum atomic E-state index is 12.4. The van der Waals surface area contributed by atoms with Gasteiger partial charge in [0.25, 0.3) is 11.5 Å². The second-order valence-electron chi connectivity index (χ2n) is 5.74. The molecule has 2 aromatic rings. The van der Waals surface area contributed by atoms with Crippen LogP contribution in [0.4, 0.5) is 5.82 Å². The molecule has 1 saturated heterocycles. The highest BCUT2D eigenvalue weighted by atomic mass is 16.2. The Kier molecular flexibility index (Phi) is 4.20. The Balaban J connectivity index is 1.75. The molecule has 0 spiro atoms. The molecule has 1 amide bonds. The Morgan fingerprint density at radius 3 is 2.25 bits per heavy atom. The van der Waals surface area contributed by atoms with Gasteiger partial charge in [-0.2, -0.15) is 0 Å². The second-order valence-corrected chi connectivity index (χ2v) is 5.74. The lowest BCUT2D eigenvalue weighted by molar-refractivity contribution is 0.0746. The molecule has 1 aromatic heterocycles. The summed E-state index contributed by atoms with van der Waals surface area (Å²) in [5, 5.41) is 4.08. The number of hydrogen-bond donors (Lipinski definition) is 0. The lowest BCUT2D eigenvalue weighted by Gasteiger charge is -2.35. The van der Waals surface area contributed by atoms with Crippen LogP contribution in [0.1, 0.15) is 10.4 Å². The van der Waals surface area contributed by atoms with Crippen LogP contribution in [0.5, 0.6) is 0 Å². The monoisotopic (exact) mass is 329 g/mol. The SMILES string of the molecule is Cn1nc(N2CCN(C(=O)c3ccccc3)CC2)c(=O)n(C)c1=O. The summed E-state index contributed by atoms with van der Waals surface area (Å²) >= 11 is 0. The molecule has 2 heterocycles. The average Bonchev–Trinajstić information content (AvgIpc) is 2.63. The summed E-state index contributed by atoms with van der Waals surface area (Å²) in [6.45, 7) is 2.00. The second kappa shape index (κ2) is 6.31. The van der Waals surface area contributed by atoms with Crippen LogP contribution >= 0.6 is 0 Å². The number of carbonyl (C=O) groups excluding carboxylic acids is 1. The minimum absolute atomic E-state index is 0.0171. The van der Waals surface area contributed by atoms with Crippen LogP contribution in [0.25, 0.3) is 0 Å². The van der Waals surface area contributed by atoms with Crippen molar-refractivity contribution in [3.05, 3.63) is 56.7 Å². The van der Waals surface area contributed by atoms with Crippen molar-refractivity contribution in [1.29, 1.82) is 0 Å². The highest BCUT2D eigenvalue weighted by Gasteiger charge is 2.25. The normalized spacial score (nSPS) is 14.8. The Bertz CT molecular complexity index is 864. The number of rotatable bonds is 2. The van der Waals surface area contributed by atoms with Crippen molar-refractivity contribution >= 4 is 11.7 Å². The summed E-state index contributed by atoms with van der Waals surface area (Å²) in [7, 11) is 2.95. The molecule has 1 aliphatic rings. The van der Waals surface area contributed by atoms with Gasteiger partial charge < -0.3 is 9.80 Å². The van der Waals surface area contributed by atoms with Gasteiger partial charge in [0, 0.05) is 45.8 Å². The number of piperazine rings is 1. The zero-order chi connectivity index (χ0) is 17.3. The first-order chi connectivity index (χ1) is 11.5. The minimum atomic E-state index is -0.457. The van der Waals surface area contributed by atoms with Gasteiger partial charge in [0.15, 0.2) is 0 Å². The predicted octanol–water partition coefficient (Wildman–Crippen LogP) is -0.559. The van der Waals surface area contributed by atoms with Gasteiger partial charge in [-0.15, -0.1) is 5.10 Å². The minimum Gasteiger partial charge on any atom is -0.347 e. The van der Waals surface area contributed by atoms with E-state index in [1.807, 2.05) is 23.1 Å². The Morgan fingerprint density at radius 2 is 1.62 bits per heavy atom. The van der Waals surface area contributed by atoms with Gasteiger partial charge in [-0.05, 0) is 12.1 Å². The molecule has 0 aliphatic carbocycles. The standard InChI is InChI=1S/C16H19N5O3/c1-18-15(23)13(17-19(2)16(18)24)20-8-10-21(11-9-20)14(22)12-6-4-3-5-7-12/h3-7H,8-11H2,1-2H3. The Hall–Kier alpha value is -2.90. The smallest absolute Gasteiger partial charge is 0.346 e. The lowest BCUT2D eigenvalue weighted by Crippen LogP contribution is -2.52. The van der Waals surface area contributed by atoms with Gasteiger partial charge >= 0.3 is 5.69 Å². The molecule has 0 saturated carbocycles. The van der Waals surface area contributed by atoms with Crippen LogP contribution in [-0.4, -0.2) is 51.3 Å². The molecular formula is C16H19N5O3. The third-order valence-electron chi connectivity index (χ3n) is 4.19. The molecule has 126 valence electrons. The summed E-state index contributed by atoms with van der Waals surface area (Å²) in [5.41, 5.74) is -0.218. The molecule has 24 heavy (non-hydrogen) atoms. The number of aryl methyl sites for hydroxylation is 1. The van der Waals surface area contributed by atoms with Gasteiger partial charge in [0.1, 0.15) is 0 Å². The maximum absolute atomic E-state index is 12.4. The number of nitrogens with zero attached hydrogens (tertiary/aromatic N) is 5. The van der Waals surface area contributed by atoms with E-state index in [9.17, 15) is 14.4 Å². The number of anilines is 1. The van der Waals surface area contributed by atoms with E-state index in [1.165, 1.54) is 14.1 Å². The molecule has 1 aliphatic heterocycles. The first-order valence-electron chi connectivity index (χ1n) is 7.72. The van der Waals surface area contributed by atoms with Crippen LogP contribution in [-0.2, 0) is 14.1 Å². The average molecular weight is 329 g/mol. The largest absolute Gasteiger partial charge is 0.347 e. The van der Waals surface area contributed by atoms with E-state index >= 15 is 0 Å². The van der Waals surface area contributed by atoms with Crippen LogP contribution < -0.4 is 16.1 Å². The first kappa shape index (κ1) is 16.0. The first-order valence-corrected chi connectivity index (χ1v) is 7.72. The topological polar surface area (TPSA) is 80.4 Å². The highest BCUT2D eigenvalue weighted by molar-refractivity contribution is 5.94. The maximum Gasteiger partial charge on any atom is 0.346 e. The molecule has 1 fully saturated rings. The summed E-state index contributed by atoms with van der Waals surface area (Å²) in [6.07, 6.45) is 0. The third-order valence-corrected chi connectivity index (χ3v) is 4.19. The van der Waals surface area contributed by atoms with Crippen LogP contribution in [0.3, 0.4) is 0 Å². The molecule has 0 radical (unpaired) electrons. The van der Waals surface area contributed by atoms with E-state index in [-0.39, 0.29) is 11.7 Å². The van der Waals surface area contributed by atoms with E-state index < -0.39 is 11.2 Å². The van der Waals surface area contributed by atoms with Crippen molar-refractivity contribution in [2.45, 2.75) is 0 Å². The van der Waals surface area contributed by atoms with Gasteiger partial charge in [-0.3, -0.25) is 14.2 Å². The highest BCUT2D eigenvalue weighted by Crippen LogP contribution is 2.11. The van der Waals surface area contributed by atoms with Crippen LogP contribution in [0.15, 0.2) is 39.9 Å². The van der Waals surface area contributed by atoms with E-state index in [1.54, 1.807) is 17.0 Å². The van der Waals surface area contributed by atoms with E-state index in [0.29, 0.717) is 31.7 Å². The summed E-state index contributed by atoms with van der Waals surface area (Å²) in [6, 6.07) is 9.12. The van der Waals surface area contributed by atoms with Crippen molar-refractivity contribution in [2.24, 2.45) is 14.1 Å². The molecular weight excluding hydrogens is 310 g/mol. The fraction of sp³-hybridized carbons (Fsp3) is 0.375. The fourth-order valence-electron chi connectivity index (χ4n) is 2.76. The lowest BCUT2D eigenvalue weighted by atomic mass is 10.2. The Morgan fingerprint density at radius 1 is 1.00 bits per heavy atom. The molecule has 1 aromatic carbocycles. The number of benzene rings is 1. The van der Waals surface area contributed by atoms with Gasteiger partial charge in [-0.1, -0.05) is 18.2 Å².